The van der Waals surface area contributed by atoms with Gasteiger partial charge in [0, 0.05) is 12.1 Å². The van der Waals surface area contributed by atoms with Gasteiger partial charge in [0.1, 0.15) is 0 Å². The lowest BCUT2D eigenvalue weighted by Gasteiger charge is -2.14. The highest BCUT2D eigenvalue weighted by atomic mass is 35.5. The fraction of sp³-hybridized carbons (Fsp3) is 0.800. The van der Waals surface area contributed by atoms with Crippen LogP contribution in [0.5, 0.6) is 0 Å². The Morgan fingerprint density at radius 1 is 1.23 bits per heavy atom. The third-order valence-electron chi connectivity index (χ3n) is 1.42. The van der Waals surface area contributed by atoms with Crippen molar-refractivity contribution >= 4 is 19.7 Å². The normalized spacial score (nSPS) is 12.6. The Bertz CT molecular complexity index is 140. The maximum atomic E-state index is 5.54. The van der Waals surface area contributed by atoms with E-state index in [-0.39, 0.29) is 0 Å². The average Bonchev–Trinajstić information content (AvgIpc) is 2.01. The first-order valence-corrected chi connectivity index (χ1v) is 9.09. The highest BCUT2D eigenvalue weighted by molar-refractivity contribution is 6.76. The van der Waals surface area contributed by atoms with Gasteiger partial charge in [-0.2, -0.15) is 0 Å². The SMILES string of the molecule is C[Si](C)(C)COC/C=C/CCCCl. The highest BCUT2D eigenvalue weighted by Crippen LogP contribution is 2.00. The Morgan fingerprint density at radius 2 is 1.92 bits per heavy atom. The van der Waals surface area contributed by atoms with Crippen molar-refractivity contribution in [2.45, 2.75) is 32.5 Å². The molecule has 0 aromatic rings. The van der Waals surface area contributed by atoms with Crippen LogP contribution >= 0.6 is 11.6 Å². The van der Waals surface area contributed by atoms with Gasteiger partial charge in [-0.25, -0.2) is 0 Å². The average molecular weight is 221 g/mol. The molecule has 0 aromatic carbocycles. The molecule has 0 aromatic heterocycles. The Balaban J connectivity index is 3.20. The quantitative estimate of drug-likeness (QED) is 0.276. The molecule has 0 radical (unpaired) electrons. The first-order valence-electron chi connectivity index (χ1n) is 4.85. The minimum Gasteiger partial charge on any atom is -0.381 e. The van der Waals surface area contributed by atoms with E-state index in [1.165, 1.54) is 0 Å². The Kier molecular flexibility index (Phi) is 7.72. The molecule has 0 spiro atoms. The number of hydrogen-bond donors (Lipinski definition) is 0. The topological polar surface area (TPSA) is 9.23 Å². The molecular weight excluding hydrogens is 200 g/mol. The van der Waals surface area contributed by atoms with Crippen LogP contribution in [0.2, 0.25) is 19.6 Å². The van der Waals surface area contributed by atoms with Crippen LogP contribution in [0.25, 0.3) is 0 Å². The second-order valence-electron chi connectivity index (χ2n) is 4.38. The zero-order chi connectivity index (χ0) is 10.2. The van der Waals surface area contributed by atoms with Crippen molar-refractivity contribution in [1.82, 2.24) is 0 Å². The Morgan fingerprint density at radius 3 is 2.46 bits per heavy atom. The van der Waals surface area contributed by atoms with Crippen molar-refractivity contribution in [3.05, 3.63) is 12.2 Å². The molecule has 0 aliphatic carbocycles. The van der Waals surface area contributed by atoms with Gasteiger partial charge in [-0.05, 0) is 12.8 Å². The van der Waals surface area contributed by atoms with Gasteiger partial charge in [0.2, 0.25) is 0 Å². The Labute approximate surface area is 88.1 Å². The van der Waals surface area contributed by atoms with Gasteiger partial charge in [-0.1, -0.05) is 31.8 Å². The summed E-state index contributed by atoms with van der Waals surface area (Å²) in [5.74, 6) is 0.750. The largest absolute Gasteiger partial charge is 0.381 e. The molecule has 0 saturated carbocycles. The van der Waals surface area contributed by atoms with E-state index in [1.54, 1.807) is 0 Å². The van der Waals surface area contributed by atoms with Crippen LogP contribution in [0.1, 0.15) is 12.8 Å². The fourth-order valence-electron chi connectivity index (χ4n) is 0.814. The van der Waals surface area contributed by atoms with Crippen molar-refractivity contribution in [2.75, 3.05) is 18.7 Å². The van der Waals surface area contributed by atoms with E-state index in [2.05, 4.69) is 31.8 Å². The van der Waals surface area contributed by atoms with E-state index in [1.807, 2.05) is 0 Å². The fourth-order valence-corrected chi connectivity index (χ4v) is 1.70. The molecule has 0 fully saturated rings. The molecule has 3 heteroatoms. The standard InChI is InChI=1S/C10H21ClOSi/c1-13(2,3)10-12-9-7-5-4-6-8-11/h5,7H,4,6,8-10H2,1-3H3/b7-5+. The zero-order valence-electron chi connectivity index (χ0n) is 8.98. The second-order valence-corrected chi connectivity index (χ2v) is 10.2. The lowest BCUT2D eigenvalue weighted by atomic mass is 10.3. The highest BCUT2D eigenvalue weighted by Gasteiger charge is 2.11. The predicted octanol–water partition coefficient (Wildman–Crippen LogP) is 3.46. The van der Waals surface area contributed by atoms with Gasteiger partial charge >= 0.3 is 0 Å². The molecule has 0 N–H and O–H groups in total. The minimum absolute atomic E-state index is 0.750. The molecule has 0 rings (SSSR count). The summed E-state index contributed by atoms with van der Waals surface area (Å²) in [5, 5.41) is 0. The maximum absolute atomic E-state index is 5.54. The molecule has 0 saturated heterocycles. The van der Waals surface area contributed by atoms with Crippen molar-refractivity contribution in [3.8, 4) is 0 Å². The molecule has 1 nitrogen and oxygen atoms in total. The van der Waals surface area contributed by atoms with Gasteiger partial charge in [-0.3, -0.25) is 0 Å². The number of allylic oxidation sites excluding steroid dienone is 1. The Hall–Kier alpha value is 0.207. The van der Waals surface area contributed by atoms with Crippen LogP contribution in [-0.4, -0.2) is 26.8 Å². The van der Waals surface area contributed by atoms with Crippen molar-refractivity contribution in [3.63, 3.8) is 0 Å². The van der Waals surface area contributed by atoms with Gasteiger partial charge in [0.05, 0.1) is 14.7 Å². The van der Waals surface area contributed by atoms with E-state index in [9.17, 15) is 0 Å². The van der Waals surface area contributed by atoms with Crippen LogP contribution in [0, 0.1) is 0 Å². The van der Waals surface area contributed by atoms with E-state index < -0.39 is 8.07 Å². The molecule has 78 valence electrons. The summed E-state index contributed by atoms with van der Waals surface area (Å²) < 4.78 is 5.52. The van der Waals surface area contributed by atoms with Crippen molar-refractivity contribution in [2.24, 2.45) is 0 Å². The molecule has 0 aliphatic heterocycles. The lowest BCUT2D eigenvalue weighted by Crippen LogP contribution is -2.28. The summed E-state index contributed by atoms with van der Waals surface area (Å²) in [6.45, 7) is 7.69. The van der Waals surface area contributed by atoms with Crippen LogP contribution in [-0.2, 0) is 4.74 Å². The molecule has 0 atom stereocenters. The first-order chi connectivity index (χ1) is 6.06. The lowest BCUT2D eigenvalue weighted by molar-refractivity contribution is 0.205. The number of rotatable bonds is 7. The van der Waals surface area contributed by atoms with E-state index in [0.29, 0.717) is 0 Å². The van der Waals surface area contributed by atoms with Crippen LogP contribution < -0.4 is 0 Å². The predicted molar refractivity (Wildman–Crippen MR) is 63.3 cm³/mol. The first kappa shape index (κ1) is 13.2. The second kappa shape index (κ2) is 7.60. The number of alkyl halides is 1. The van der Waals surface area contributed by atoms with Gasteiger partial charge in [0.15, 0.2) is 0 Å². The summed E-state index contributed by atoms with van der Waals surface area (Å²) >= 11 is 5.54. The summed E-state index contributed by atoms with van der Waals surface area (Å²) in [5.41, 5.74) is 0. The van der Waals surface area contributed by atoms with E-state index in [0.717, 1.165) is 31.6 Å². The summed E-state index contributed by atoms with van der Waals surface area (Å²) in [4.78, 5) is 0. The number of ether oxygens (including phenoxy) is 1. The number of hydrogen-bond acceptors (Lipinski definition) is 1. The van der Waals surface area contributed by atoms with Gasteiger partial charge < -0.3 is 4.74 Å². The minimum atomic E-state index is -1.01. The molecule has 0 amide bonds. The van der Waals surface area contributed by atoms with Gasteiger partial charge in [-0.15, -0.1) is 11.6 Å². The summed E-state index contributed by atoms with van der Waals surface area (Å²) in [6, 6.07) is 0. The molecule has 13 heavy (non-hydrogen) atoms. The number of halogens is 1. The molecule has 0 heterocycles. The number of unbranched alkanes of at least 4 members (excludes halogenated alkanes) is 1. The smallest absolute Gasteiger partial charge is 0.0746 e. The third kappa shape index (κ3) is 12.2. The third-order valence-corrected chi connectivity index (χ3v) is 2.76. The molecule has 0 bridgehead atoms. The summed E-state index contributed by atoms with van der Waals surface area (Å²) in [6.07, 6.45) is 7.32. The summed E-state index contributed by atoms with van der Waals surface area (Å²) in [7, 11) is -1.01. The molecule has 0 aliphatic rings. The van der Waals surface area contributed by atoms with Crippen molar-refractivity contribution in [1.29, 1.82) is 0 Å². The monoisotopic (exact) mass is 220 g/mol. The van der Waals surface area contributed by atoms with Crippen molar-refractivity contribution < 1.29 is 4.74 Å². The van der Waals surface area contributed by atoms with Gasteiger partial charge in [0.25, 0.3) is 0 Å². The van der Waals surface area contributed by atoms with Crippen LogP contribution in [0.3, 0.4) is 0 Å². The molecule has 0 unspecified atom stereocenters. The van der Waals surface area contributed by atoms with Crippen LogP contribution in [0.15, 0.2) is 12.2 Å². The van der Waals surface area contributed by atoms with Crippen LogP contribution in [0.4, 0.5) is 0 Å². The van der Waals surface area contributed by atoms with E-state index >= 15 is 0 Å². The maximum Gasteiger partial charge on any atom is 0.0746 e. The molecular formula is C10H21ClOSi. The van der Waals surface area contributed by atoms with E-state index in [4.69, 9.17) is 16.3 Å². The zero-order valence-corrected chi connectivity index (χ0v) is 10.7.